The third-order valence-corrected chi connectivity index (χ3v) is 5.27. The summed E-state index contributed by atoms with van der Waals surface area (Å²) in [5.74, 6) is 1.20. The Bertz CT molecular complexity index is 907. The van der Waals surface area contributed by atoms with Crippen LogP contribution < -0.4 is 4.18 Å². The van der Waals surface area contributed by atoms with Crippen LogP contribution in [0.15, 0.2) is 54.6 Å². The van der Waals surface area contributed by atoms with E-state index in [1.165, 1.54) is 5.56 Å². The molecular formula is C22H27NO4S. The number of benzene rings is 2. The van der Waals surface area contributed by atoms with Crippen molar-refractivity contribution in [2.75, 3.05) is 12.8 Å². The second kappa shape index (κ2) is 8.35. The van der Waals surface area contributed by atoms with E-state index in [1.807, 2.05) is 35.2 Å². The number of rotatable bonds is 8. The molecule has 0 bridgehead atoms. The molecule has 0 spiro atoms. The maximum atomic E-state index is 13.1. The smallest absolute Gasteiger partial charge is 0.306 e. The van der Waals surface area contributed by atoms with Gasteiger partial charge < -0.3 is 9.08 Å². The number of hydrogen-bond donors (Lipinski definition) is 0. The molecule has 1 fully saturated rings. The van der Waals surface area contributed by atoms with Crippen molar-refractivity contribution < 1.29 is 17.4 Å². The second-order valence-electron chi connectivity index (χ2n) is 7.90. The van der Waals surface area contributed by atoms with Crippen molar-refractivity contribution in [1.82, 2.24) is 4.90 Å². The SMILES string of the molecule is CC(C)CN(Cc1ccc(OS(C)(=O)=O)cc1)C(=O)C1CC1c1ccccc1. The predicted molar refractivity (Wildman–Crippen MR) is 109 cm³/mol. The van der Waals surface area contributed by atoms with Crippen LogP contribution in [0.5, 0.6) is 5.75 Å². The number of nitrogens with zero attached hydrogens (tertiary/aromatic N) is 1. The Balaban J connectivity index is 1.68. The van der Waals surface area contributed by atoms with Gasteiger partial charge in [-0.05, 0) is 41.5 Å². The zero-order valence-corrected chi connectivity index (χ0v) is 17.4. The quantitative estimate of drug-likeness (QED) is 0.631. The van der Waals surface area contributed by atoms with Crippen molar-refractivity contribution in [3.63, 3.8) is 0 Å². The molecule has 0 aliphatic heterocycles. The van der Waals surface area contributed by atoms with E-state index in [4.69, 9.17) is 4.18 Å². The Morgan fingerprint density at radius 3 is 2.32 bits per heavy atom. The summed E-state index contributed by atoms with van der Waals surface area (Å²) in [6, 6.07) is 17.1. The van der Waals surface area contributed by atoms with E-state index < -0.39 is 10.1 Å². The molecule has 6 heteroatoms. The molecule has 1 aliphatic carbocycles. The van der Waals surface area contributed by atoms with E-state index >= 15 is 0 Å². The van der Waals surface area contributed by atoms with Crippen LogP contribution in [0.1, 0.15) is 37.3 Å². The molecule has 2 atom stereocenters. The standard InChI is InChI=1S/C22H27NO4S/c1-16(2)14-23(15-17-9-11-19(12-10-17)27-28(3,25)26)22(24)21-13-20(21)18-7-5-4-6-8-18/h4-12,16,20-21H,13-15H2,1-3H3. The Morgan fingerprint density at radius 1 is 1.11 bits per heavy atom. The molecule has 0 heterocycles. The van der Waals surface area contributed by atoms with Crippen LogP contribution >= 0.6 is 0 Å². The van der Waals surface area contributed by atoms with Crippen molar-refractivity contribution in [1.29, 1.82) is 0 Å². The fourth-order valence-electron chi connectivity index (χ4n) is 3.49. The van der Waals surface area contributed by atoms with Crippen molar-refractivity contribution in [3.05, 3.63) is 65.7 Å². The van der Waals surface area contributed by atoms with E-state index in [9.17, 15) is 13.2 Å². The zero-order chi connectivity index (χ0) is 20.3. The van der Waals surface area contributed by atoms with Gasteiger partial charge >= 0.3 is 10.1 Å². The normalized spacial score (nSPS) is 18.7. The van der Waals surface area contributed by atoms with Gasteiger partial charge in [-0.15, -0.1) is 0 Å². The third kappa shape index (κ3) is 5.58. The van der Waals surface area contributed by atoms with Gasteiger partial charge in [0.1, 0.15) is 5.75 Å². The first-order valence-electron chi connectivity index (χ1n) is 9.55. The molecule has 150 valence electrons. The third-order valence-electron chi connectivity index (χ3n) is 4.78. The maximum absolute atomic E-state index is 13.1. The van der Waals surface area contributed by atoms with Crippen molar-refractivity contribution in [3.8, 4) is 5.75 Å². The average Bonchev–Trinajstić information content (AvgIpc) is 3.42. The topological polar surface area (TPSA) is 63.7 Å². The molecular weight excluding hydrogens is 374 g/mol. The van der Waals surface area contributed by atoms with Crippen LogP contribution in [-0.2, 0) is 21.5 Å². The summed E-state index contributed by atoms with van der Waals surface area (Å²) in [6.07, 6.45) is 1.92. The minimum absolute atomic E-state index is 0.0500. The summed E-state index contributed by atoms with van der Waals surface area (Å²) < 4.78 is 27.3. The summed E-state index contributed by atoms with van der Waals surface area (Å²) in [4.78, 5) is 15.0. The van der Waals surface area contributed by atoms with Crippen molar-refractivity contribution in [2.45, 2.75) is 32.7 Å². The van der Waals surface area contributed by atoms with Crippen molar-refractivity contribution in [2.24, 2.45) is 11.8 Å². The lowest BCUT2D eigenvalue weighted by Gasteiger charge is -2.25. The summed E-state index contributed by atoms with van der Waals surface area (Å²) in [6.45, 7) is 5.41. The monoisotopic (exact) mass is 401 g/mol. The fraction of sp³-hybridized carbons (Fsp3) is 0.409. The van der Waals surface area contributed by atoms with Gasteiger partial charge in [0.15, 0.2) is 0 Å². The van der Waals surface area contributed by atoms with Gasteiger partial charge in [-0.1, -0.05) is 56.3 Å². The Hall–Kier alpha value is -2.34. The highest BCUT2D eigenvalue weighted by molar-refractivity contribution is 7.86. The molecule has 1 saturated carbocycles. The number of hydrogen-bond acceptors (Lipinski definition) is 4. The van der Waals surface area contributed by atoms with Gasteiger partial charge in [-0.2, -0.15) is 8.42 Å². The molecule has 2 aromatic rings. The molecule has 0 radical (unpaired) electrons. The number of carbonyl (C=O) groups is 1. The molecule has 5 nitrogen and oxygen atoms in total. The molecule has 3 rings (SSSR count). The first-order chi connectivity index (χ1) is 13.2. The lowest BCUT2D eigenvalue weighted by molar-refractivity contribution is -0.133. The van der Waals surface area contributed by atoms with Crippen LogP contribution in [0.2, 0.25) is 0 Å². The molecule has 1 aliphatic rings. The van der Waals surface area contributed by atoms with E-state index in [-0.39, 0.29) is 17.6 Å². The van der Waals surface area contributed by atoms with Gasteiger partial charge in [0.2, 0.25) is 5.91 Å². The average molecular weight is 402 g/mol. The Morgan fingerprint density at radius 2 is 1.75 bits per heavy atom. The van der Waals surface area contributed by atoms with Crippen molar-refractivity contribution >= 4 is 16.0 Å². The first-order valence-corrected chi connectivity index (χ1v) is 11.4. The maximum Gasteiger partial charge on any atom is 0.306 e. The molecule has 0 aromatic heterocycles. The van der Waals surface area contributed by atoms with E-state index in [1.54, 1.807) is 12.1 Å². The highest BCUT2D eigenvalue weighted by Crippen LogP contribution is 2.48. The van der Waals surface area contributed by atoms with Gasteiger partial charge in [0, 0.05) is 19.0 Å². The Kier molecular flexibility index (Phi) is 6.08. The minimum Gasteiger partial charge on any atom is -0.383 e. The van der Waals surface area contributed by atoms with Gasteiger partial charge in [0.25, 0.3) is 0 Å². The highest BCUT2D eigenvalue weighted by Gasteiger charge is 2.45. The number of carbonyl (C=O) groups excluding carboxylic acids is 1. The summed E-state index contributed by atoms with van der Waals surface area (Å²) >= 11 is 0. The molecule has 1 amide bonds. The van der Waals surface area contributed by atoms with Gasteiger partial charge in [-0.3, -0.25) is 4.79 Å². The van der Waals surface area contributed by atoms with E-state index in [0.717, 1.165) is 18.2 Å². The molecule has 0 saturated heterocycles. The molecule has 0 N–H and O–H groups in total. The summed E-state index contributed by atoms with van der Waals surface area (Å²) in [5, 5.41) is 0. The first kappa shape index (κ1) is 20.4. The van der Waals surface area contributed by atoms with Crippen LogP contribution in [0, 0.1) is 11.8 Å². The van der Waals surface area contributed by atoms with Crippen LogP contribution in [0.3, 0.4) is 0 Å². The van der Waals surface area contributed by atoms with E-state index in [0.29, 0.717) is 24.9 Å². The molecule has 28 heavy (non-hydrogen) atoms. The summed E-state index contributed by atoms with van der Waals surface area (Å²) in [5.41, 5.74) is 2.18. The second-order valence-corrected chi connectivity index (χ2v) is 9.48. The number of amides is 1. The Labute approximate surface area is 167 Å². The van der Waals surface area contributed by atoms with Gasteiger partial charge in [0.05, 0.1) is 6.26 Å². The highest BCUT2D eigenvalue weighted by atomic mass is 32.2. The fourth-order valence-corrected chi connectivity index (χ4v) is 3.95. The summed E-state index contributed by atoms with van der Waals surface area (Å²) in [7, 11) is -3.54. The predicted octanol–water partition coefficient (Wildman–Crippen LogP) is 3.81. The molecule has 2 unspecified atom stereocenters. The molecule has 2 aromatic carbocycles. The van der Waals surface area contributed by atoms with Crippen LogP contribution in [-0.4, -0.2) is 32.0 Å². The lowest BCUT2D eigenvalue weighted by atomic mass is 10.1. The zero-order valence-electron chi connectivity index (χ0n) is 16.5. The van der Waals surface area contributed by atoms with E-state index in [2.05, 4.69) is 26.0 Å². The minimum atomic E-state index is -3.54. The van der Waals surface area contributed by atoms with Crippen LogP contribution in [0.25, 0.3) is 0 Å². The van der Waals surface area contributed by atoms with Crippen LogP contribution in [0.4, 0.5) is 0 Å². The lowest BCUT2D eigenvalue weighted by Crippen LogP contribution is -2.35. The van der Waals surface area contributed by atoms with Gasteiger partial charge in [-0.25, -0.2) is 0 Å². The largest absolute Gasteiger partial charge is 0.383 e.